The van der Waals surface area contributed by atoms with Gasteiger partial charge in [-0.25, -0.2) is 4.98 Å². The van der Waals surface area contributed by atoms with Crippen molar-refractivity contribution in [2.45, 2.75) is 12.5 Å². The molecule has 1 aliphatic rings. The first-order valence-corrected chi connectivity index (χ1v) is 7.35. The molecule has 1 unspecified atom stereocenters. The van der Waals surface area contributed by atoms with E-state index < -0.39 is 4.92 Å². The second-order valence-corrected chi connectivity index (χ2v) is 5.37. The molecule has 0 aliphatic carbocycles. The van der Waals surface area contributed by atoms with Crippen molar-refractivity contribution in [2.75, 3.05) is 18.0 Å². The van der Waals surface area contributed by atoms with Gasteiger partial charge < -0.3 is 10.2 Å². The zero-order valence-corrected chi connectivity index (χ0v) is 12.4. The summed E-state index contributed by atoms with van der Waals surface area (Å²) in [5, 5.41) is 14.1. The summed E-state index contributed by atoms with van der Waals surface area (Å²) in [5.74, 6) is 0.224. The minimum absolute atomic E-state index is 0.0115. The minimum Gasteiger partial charge on any atom is -0.349 e. The molecule has 7 nitrogen and oxygen atoms in total. The highest BCUT2D eigenvalue weighted by molar-refractivity contribution is 5.94. The Bertz CT molecular complexity index is 720. The third kappa shape index (κ3) is 3.28. The van der Waals surface area contributed by atoms with Crippen LogP contribution in [0.5, 0.6) is 0 Å². The number of pyridine rings is 1. The van der Waals surface area contributed by atoms with Crippen LogP contribution in [0.4, 0.5) is 11.5 Å². The molecule has 1 aromatic carbocycles. The number of aromatic nitrogens is 1. The Balaban J connectivity index is 1.67. The summed E-state index contributed by atoms with van der Waals surface area (Å²) < 4.78 is 0. The molecule has 1 fully saturated rings. The van der Waals surface area contributed by atoms with Gasteiger partial charge in [0.25, 0.3) is 5.91 Å². The molecular weight excluding hydrogens is 296 g/mol. The molecule has 0 radical (unpaired) electrons. The Labute approximate surface area is 133 Å². The van der Waals surface area contributed by atoms with Gasteiger partial charge in [-0.1, -0.05) is 18.2 Å². The quantitative estimate of drug-likeness (QED) is 0.689. The maximum absolute atomic E-state index is 12.2. The van der Waals surface area contributed by atoms with E-state index in [1.165, 1.54) is 12.3 Å². The van der Waals surface area contributed by atoms with E-state index in [0.29, 0.717) is 24.5 Å². The van der Waals surface area contributed by atoms with Gasteiger partial charge in [0.1, 0.15) is 0 Å². The number of nitrogens with one attached hydrogen (secondary N) is 1. The largest absolute Gasteiger partial charge is 0.349 e. The van der Waals surface area contributed by atoms with Crippen molar-refractivity contribution >= 4 is 17.4 Å². The fraction of sp³-hybridized carbons (Fsp3) is 0.250. The van der Waals surface area contributed by atoms with E-state index in [1.54, 1.807) is 18.2 Å². The van der Waals surface area contributed by atoms with Gasteiger partial charge in [-0.15, -0.1) is 0 Å². The normalized spacial score (nSPS) is 17.0. The average molecular weight is 312 g/mol. The molecule has 0 saturated carbocycles. The highest BCUT2D eigenvalue weighted by Gasteiger charge is 2.29. The van der Waals surface area contributed by atoms with E-state index in [1.807, 2.05) is 23.1 Å². The van der Waals surface area contributed by atoms with Crippen molar-refractivity contribution in [3.8, 4) is 0 Å². The molecule has 2 aromatic rings. The molecule has 1 aliphatic heterocycles. The zero-order chi connectivity index (χ0) is 16.2. The highest BCUT2D eigenvalue weighted by Crippen LogP contribution is 2.27. The minimum atomic E-state index is -0.432. The van der Waals surface area contributed by atoms with Gasteiger partial charge in [0.15, 0.2) is 0 Å². The second-order valence-electron chi connectivity index (χ2n) is 5.37. The Hall–Kier alpha value is -2.96. The maximum atomic E-state index is 12.2. The van der Waals surface area contributed by atoms with Crippen LogP contribution >= 0.6 is 0 Å². The summed E-state index contributed by atoms with van der Waals surface area (Å²) in [6, 6.07) is 11.9. The molecule has 3 rings (SSSR count). The van der Waals surface area contributed by atoms with Crippen molar-refractivity contribution < 1.29 is 9.72 Å². The van der Waals surface area contributed by atoms with Crippen molar-refractivity contribution in [3.05, 3.63) is 64.3 Å². The summed E-state index contributed by atoms with van der Waals surface area (Å²) in [6.45, 7) is 1.13. The Kier molecular flexibility index (Phi) is 4.18. The zero-order valence-electron chi connectivity index (χ0n) is 12.4. The fourth-order valence-electron chi connectivity index (χ4n) is 2.70. The molecule has 23 heavy (non-hydrogen) atoms. The van der Waals surface area contributed by atoms with E-state index in [2.05, 4.69) is 10.3 Å². The van der Waals surface area contributed by atoms with Crippen molar-refractivity contribution in [3.63, 3.8) is 0 Å². The van der Waals surface area contributed by atoms with Crippen LogP contribution in [0.25, 0.3) is 0 Å². The van der Waals surface area contributed by atoms with Crippen molar-refractivity contribution in [1.82, 2.24) is 10.3 Å². The number of hydrogen-bond acceptors (Lipinski definition) is 5. The number of nitrogens with zero attached hydrogens (tertiary/aromatic N) is 3. The van der Waals surface area contributed by atoms with Crippen LogP contribution in [-0.4, -0.2) is 34.9 Å². The number of amides is 1. The fourth-order valence-corrected chi connectivity index (χ4v) is 2.70. The molecule has 0 spiro atoms. The van der Waals surface area contributed by atoms with Gasteiger partial charge in [-0.05, 0) is 24.6 Å². The van der Waals surface area contributed by atoms with Crippen LogP contribution in [0, 0.1) is 10.1 Å². The molecule has 1 atom stereocenters. The average Bonchev–Trinajstić information content (AvgIpc) is 3.04. The van der Waals surface area contributed by atoms with E-state index in [4.69, 9.17) is 0 Å². The van der Waals surface area contributed by atoms with Gasteiger partial charge in [0.2, 0.25) is 5.82 Å². The monoisotopic (exact) mass is 312 g/mol. The third-order valence-corrected chi connectivity index (χ3v) is 3.82. The molecule has 7 heteroatoms. The first-order valence-electron chi connectivity index (χ1n) is 7.35. The first kappa shape index (κ1) is 15.0. The van der Waals surface area contributed by atoms with Gasteiger partial charge in [0.05, 0.1) is 4.92 Å². The number of hydrogen-bond donors (Lipinski definition) is 1. The second kappa shape index (κ2) is 6.43. The highest BCUT2D eigenvalue weighted by atomic mass is 16.6. The van der Waals surface area contributed by atoms with Crippen LogP contribution in [0.15, 0.2) is 48.7 Å². The molecule has 118 valence electrons. The van der Waals surface area contributed by atoms with E-state index in [9.17, 15) is 14.9 Å². The summed E-state index contributed by atoms with van der Waals surface area (Å²) in [5.41, 5.74) is 0.595. The Morgan fingerprint density at radius 1 is 1.26 bits per heavy atom. The molecule has 0 bridgehead atoms. The Morgan fingerprint density at radius 2 is 2.04 bits per heavy atom. The standard InChI is InChI=1S/C16H16N4O3/c21-16(12-5-2-1-3-6-12)18-13-8-10-19(11-13)15-14(20(22)23)7-4-9-17-15/h1-7,9,13H,8,10-11H2,(H,18,21). The molecule has 1 amide bonds. The predicted molar refractivity (Wildman–Crippen MR) is 85.4 cm³/mol. The van der Waals surface area contributed by atoms with E-state index in [-0.39, 0.29) is 17.6 Å². The number of rotatable bonds is 4. The summed E-state index contributed by atoms with van der Waals surface area (Å²) in [4.78, 5) is 28.8. The number of benzene rings is 1. The predicted octanol–water partition coefficient (Wildman–Crippen LogP) is 2.00. The number of carbonyl (C=O) groups is 1. The Morgan fingerprint density at radius 3 is 2.78 bits per heavy atom. The van der Waals surface area contributed by atoms with E-state index >= 15 is 0 Å². The molecular formula is C16H16N4O3. The summed E-state index contributed by atoms with van der Waals surface area (Å²) in [6.07, 6.45) is 2.27. The van der Waals surface area contributed by atoms with Gasteiger partial charge in [-0.3, -0.25) is 14.9 Å². The molecule has 1 saturated heterocycles. The van der Waals surface area contributed by atoms with Crippen LogP contribution in [-0.2, 0) is 0 Å². The van der Waals surface area contributed by atoms with Gasteiger partial charge in [-0.2, -0.15) is 0 Å². The lowest BCUT2D eigenvalue weighted by Crippen LogP contribution is -2.37. The number of nitro groups is 1. The maximum Gasteiger partial charge on any atom is 0.311 e. The van der Waals surface area contributed by atoms with Crippen LogP contribution < -0.4 is 10.2 Å². The van der Waals surface area contributed by atoms with Crippen LogP contribution in [0.1, 0.15) is 16.8 Å². The smallest absolute Gasteiger partial charge is 0.311 e. The number of anilines is 1. The van der Waals surface area contributed by atoms with Crippen molar-refractivity contribution in [1.29, 1.82) is 0 Å². The first-order chi connectivity index (χ1) is 11.1. The van der Waals surface area contributed by atoms with Crippen LogP contribution in [0.2, 0.25) is 0 Å². The topological polar surface area (TPSA) is 88.4 Å². The lowest BCUT2D eigenvalue weighted by molar-refractivity contribution is -0.384. The SMILES string of the molecule is O=C(NC1CCN(c2ncccc2[N+](=O)[O-])C1)c1ccccc1. The molecule has 1 N–H and O–H groups in total. The molecule has 2 heterocycles. The summed E-state index contributed by atoms with van der Waals surface area (Å²) in [7, 11) is 0. The lowest BCUT2D eigenvalue weighted by atomic mass is 10.2. The number of carbonyl (C=O) groups excluding carboxylic acids is 1. The van der Waals surface area contributed by atoms with Crippen molar-refractivity contribution in [2.24, 2.45) is 0 Å². The van der Waals surface area contributed by atoms with Gasteiger partial charge in [0, 0.05) is 37.0 Å². The summed E-state index contributed by atoms with van der Waals surface area (Å²) >= 11 is 0. The van der Waals surface area contributed by atoms with Crippen LogP contribution in [0.3, 0.4) is 0 Å². The third-order valence-electron chi connectivity index (χ3n) is 3.82. The molecule has 1 aromatic heterocycles. The lowest BCUT2D eigenvalue weighted by Gasteiger charge is -2.17. The van der Waals surface area contributed by atoms with Gasteiger partial charge >= 0.3 is 5.69 Å². The van der Waals surface area contributed by atoms with E-state index in [0.717, 1.165) is 6.42 Å².